The van der Waals surface area contributed by atoms with E-state index in [1.165, 1.54) is 11.1 Å². The lowest BCUT2D eigenvalue weighted by atomic mass is 9.87. The molecule has 0 fully saturated rings. The molecule has 1 unspecified atom stereocenters. The molecule has 0 aliphatic heterocycles. The van der Waals surface area contributed by atoms with E-state index in [0.29, 0.717) is 0 Å². The first-order valence-electron chi connectivity index (χ1n) is 9.10. The summed E-state index contributed by atoms with van der Waals surface area (Å²) in [4.78, 5) is 12.6. The number of rotatable bonds is 3. The van der Waals surface area contributed by atoms with Crippen LogP contribution in [-0.4, -0.2) is 5.91 Å². The molecule has 1 N–H and O–H groups in total. The molecule has 2 nitrogen and oxygen atoms in total. The third-order valence-corrected chi connectivity index (χ3v) is 4.62. The van der Waals surface area contributed by atoms with E-state index in [4.69, 9.17) is 0 Å². The molecule has 0 radical (unpaired) electrons. The number of allylic oxidation sites excluding steroid dienone is 1. The molecule has 2 aromatic rings. The van der Waals surface area contributed by atoms with Crippen LogP contribution in [0.4, 0.5) is 0 Å². The fourth-order valence-corrected chi connectivity index (χ4v) is 3.24. The highest BCUT2D eigenvalue weighted by molar-refractivity contribution is 5.94. The van der Waals surface area contributed by atoms with Crippen LogP contribution in [0.3, 0.4) is 0 Å². The molecule has 0 saturated heterocycles. The number of carbonyl (C=O) groups is 1. The quantitative estimate of drug-likeness (QED) is 0.783. The molecule has 0 heterocycles. The van der Waals surface area contributed by atoms with Gasteiger partial charge >= 0.3 is 0 Å². The Hall–Kier alpha value is -2.35. The molecule has 0 aromatic heterocycles. The molecule has 3 rings (SSSR count). The third kappa shape index (κ3) is 4.60. The highest BCUT2D eigenvalue weighted by Gasteiger charge is 2.21. The van der Waals surface area contributed by atoms with Gasteiger partial charge in [-0.25, -0.2) is 0 Å². The summed E-state index contributed by atoms with van der Waals surface area (Å²) in [5.74, 6) is 0.00746. The summed E-state index contributed by atoms with van der Waals surface area (Å²) in [6.07, 6.45) is 7.53. The maximum Gasteiger partial charge on any atom is 0.251 e. The van der Waals surface area contributed by atoms with E-state index in [-0.39, 0.29) is 17.4 Å². The van der Waals surface area contributed by atoms with Crippen molar-refractivity contribution >= 4 is 12.0 Å². The van der Waals surface area contributed by atoms with Gasteiger partial charge in [0.05, 0.1) is 6.04 Å². The average Bonchev–Trinajstić information content (AvgIpc) is 2.60. The van der Waals surface area contributed by atoms with Gasteiger partial charge in [-0.3, -0.25) is 4.79 Å². The Bertz CT molecular complexity index is 765. The van der Waals surface area contributed by atoms with E-state index in [9.17, 15) is 4.79 Å². The van der Waals surface area contributed by atoms with Crippen LogP contribution in [0.25, 0.3) is 6.08 Å². The molecule has 1 amide bonds. The van der Waals surface area contributed by atoms with E-state index in [0.717, 1.165) is 30.4 Å². The van der Waals surface area contributed by atoms with Crippen LogP contribution in [0.15, 0.2) is 54.6 Å². The predicted molar refractivity (Wildman–Crippen MR) is 105 cm³/mol. The van der Waals surface area contributed by atoms with Crippen molar-refractivity contribution < 1.29 is 4.79 Å². The zero-order valence-corrected chi connectivity index (χ0v) is 15.4. The Balaban J connectivity index is 1.69. The van der Waals surface area contributed by atoms with E-state index in [1.807, 2.05) is 24.3 Å². The van der Waals surface area contributed by atoms with Crippen molar-refractivity contribution in [3.63, 3.8) is 0 Å². The molecule has 0 spiro atoms. The Morgan fingerprint density at radius 2 is 1.80 bits per heavy atom. The summed E-state index contributed by atoms with van der Waals surface area (Å²) in [6, 6.07) is 16.4. The first-order chi connectivity index (χ1) is 11.9. The third-order valence-electron chi connectivity index (χ3n) is 4.62. The number of nitrogens with one attached hydrogen (secondary N) is 1. The molecule has 130 valence electrons. The molecule has 2 aromatic carbocycles. The number of hydrogen-bond acceptors (Lipinski definition) is 1. The Morgan fingerprint density at radius 1 is 1.08 bits per heavy atom. The van der Waals surface area contributed by atoms with Gasteiger partial charge in [-0.05, 0) is 53.5 Å². The minimum absolute atomic E-state index is 0.00746. The van der Waals surface area contributed by atoms with Gasteiger partial charge in [0.25, 0.3) is 5.91 Å². The van der Waals surface area contributed by atoms with Crippen molar-refractivity contribution in [2.75, 3.05) is 0 Å². The number of carbonyl (C=O) groups excluding carboxylic acids is 1. The molecule has 1 atom stereocenters. The van der Waals surface area contributed by atoms with Gasteiger partial charge in [-0.2, -0.15) is 0 Å². The second-order valence-corrected chi connectivity index (χ2v) is 7.94. The number of fused-ring (bicyclic) bond motifs is 1. The lowest BCUT2D eigenvalue weighted by Crippen LogP contribution is -2.30. The Kier molecular flexibility index (Phi) is 5.08. The van der Waals surface area contributed by atoms with Gasteiger partial charge in [0.2, 0.25) is 0 Å². The highest BCUT2D eigenvalue weighted by Crippen LogP contribution is 2.29. The van der Waals surface area contributed by atoms with E-state index < -0.39 is 0 Å². The normalized spacial score (nSPS) is 17.3. The Morgan fingerprint density at radius 3 is 2.52 bits per heavy atom. The van der Waals surface area contributed by atoms with Crippen LogP contribution in [0.2, 0.25) is 0 Å². The van der Waals surface area contributed by atoms with Crippen LogP contribution in [0.5, 0.6) is 0 Å². The minimum Gasteiger partial charge on any atom is -0.345 e. The fourth-order valence-electron chi connectivity index (χ4n) is 3.24. The van der Waals surface area contributed by atoms with Crippen LogP contribution >= 0.6 is 0 Å². The van der Waals surface area contributed by atoms with Crippen molar-refractivity contribution in [2.24, 2.45) is 5.41 Å². The summed E-state index contributed by atoms with van der Waals surface area (Å²) >= 11 is 0. The highest BCUT2D eigenvalue weighted by atomic mass is 16.1. The van der Waals surface area contributed by atoms with Crippen molar-refractivity contribution in [3.8, 4) is 0 Å². The summed E-state index contributed by atoms with van der Waals surface area (Å²) in [6.45, 7) is 6.52. The number of aryl methyl sites for hydroxylation is 1. The van der Waals surface area contributed by atoms with E-state index >= 15 is 0 Å². The molecule has 1 aliphatic rings. The fraction of sp³-hybridized carbons (Fsp3) is 0.348. The van der Waals surface area contributed by atoms with Crippen LogP contribution in [0.1, 0.15) is 66.7 Å². The van der Waals surface area contributed by atoms with E-state index in [1.54, 1.807) is 0 Å². The van der Waals surface area contributed by atoms with Gasteiger partial charge in [-0.15, -0.1) is 0 Å². The topological polar surface area (TPSA) is 29.1 Å². The molecule has 1 aliphatic carbocycles. The van der Waals surface area contributed by atoms with Crippen molar-refractivity contribution in [2.45, 2.75) is 46.1 Å². The standard InChI is InChI=1S/C23H27NO/c1-23(2,3)16-15-17-11-13-19(14-12-17)22(25)24-21-10-6-8-18-7-4-5-9-20(18)21/h4-5,7,9,11-16,21H,6,8,10H2,1-3H3,(H,24,25)/b16-15+. The summed E-state index contributed by atoms with van der Waals surface area (Å²) in [7, 11) is 0. The number of benzene rings is 2. The van der Waals surface area contributed by atoms with E-state index in [2.05, 4.69) is 62.5 Å². The van der Waals surface area contributed by atoms with Crippen molar-refractivity contribution in [3.05, 3.63) is 76.9 Å². The predicted octanol–water partition coefficient (Wildman–Crippen LogP) is 5.55. The van der Waals surface area contributed by atoms with Crippen LogP contribution in [0, 0.1) is 5.41 Å². The van der Waals surface area contributed by atoms with Gasteiger partial charge in [-0.1, -0.05) is 69.3 Å². The van der Waals surface area contributed by atoms with Gasteiger partial charge in [0.15, 0.2) is 0 Å². The first-order valence-corrected chi connectivity index (χ1v) is 9.10. The number of hydrogen-bond donors (Lipinski definition) is 1. The summed E-state index contributed by atoms with van der Waals surface area (Å²) in [5, 5.41) is 3.21. The summed E-state index contributed by atoms with van der Waals surface area (Å²) in [5.41, 5.74) is 4.63. The smallest absolute Gasteiger partial charge is 0.251 e. The van der Waals surface area contributed by atoms with Crippen LogP contribution < -0.4 is 5.32 Å². The second-order valence-electron chi connectivity index (χ2n) is 7.94. The molecular weight excluding hydrogens is 306 g/mol. The summed E-state index contributed by atoms with van der Waals surface area (Å²) < 4.78 is 0. The molecular formula is C23H27NO. The maximum atomic E-state index is 12.6. The van der Waals surface area contributed by atoms with Crippen molar-refractivity contribution in [1.29, 1.82) is 0 Å². The first kappa shape index (κ1) is 17.5. The SMILES string of the molecule is CC(C)(C)/C=C/c1ccc(C(=O)NC2CCCc3ccccc32)cc1. The van der Waals surface area contributed by atoms with Gasteiger partial charge < -0.3 is 5.32 Å². The Labute approximate surface area is 151 Å². The molecule has 2 heteroatoms. The zero-order valence-electron chi connectivity index (χ0n) is 15.4. The van der Waals surface area contributed by atoms with Crippen LogP contribution in [-0.2, 0) is 6.42 Å². The monoisotopic (exact) mass is 333 g/mol. The second kappa shape index (κ2) is 7.26. The van der Waals surface area contributed by atoms with Gasteiger partial charge in [0.1, 0.15) is 0 Å². The van der Waals surface area contributed by atoms with Crippen molar-refractivity contribution in [1.82, 2.24) is 5.32 Å². The lowest BCUT2D eigenvalue weighted by molar-refractivity contribution is 0.0933. The van der Waals surface area contributed by atoms with Gasteiger partial charge in [0, 0.05) is 5.56 Å². The average molecular weight is 333 g/mol. The molecule has 0 bridgehead atoms. The number of amides is 1. The minimum atomic E-state index is 0.00746. The lowest BCUT2D eigenvalue weighted by Gasteiger charge is -2.26. The maximum absolute atomic E-state index is 12.6. The molecule has 0 saturated carbocycles. The molecule has 25 heavy (non-hydrogen) atoms. The largest absolute Gasteiger partial charge is 0.345 e. The zero-order chi connectivity index (χ0) is 17.9.